The Labute approximate surface area is 89.8 Å². The molecule has 1 heterocycles. The number of pyridine rings is 1. The average Bonchev–Trinajstić information content (AvgIpc) is 3.01. The number of hydrogen-bond acceptors (Lipinski definition) is 5. The van der Waals surface area contributed by atoms with Crippen molar-refractivity contribution in [3.63, 3.8) is 0 Å². The van der Waals surface area contributed by atoms with Crippen LogP contribution in [0.1, 0.15) is 23.2 Å². The number of rotatable bonds is 4. The number of carboxylic acids is 1. The van der Waals surface area contributed by atoms with Crippen molar-refractivity contribution in [2.75, 3.05) is 0 Å². The van der Waals surface area contributed by atoms with Crippen molar-refractivity contribution < 1.29 is 19.6 Å². The summed E-state index contributed by atoms with van der Waals surface area (Å²) < 4.78 is 5.28. The molecule has 1 aromatic rings. The molecule has 0 amide bonds. The third-order valence-corrected chi connectivity index (χ3v) is 2.09. The number of nitro groups is 1. The molecule has 7 nitrogen and oxygen atoms in total. The number of nitrogens with zero attached hydrogens (tertiary/aromatic N) is 2. The second kappa shape index (κ2) is 3.76. The van der Waals surface area contributed by atoms with E-state index in [1.807, 2.05) is 0 Å². The number of carboxylic acid groups (broad SMARTS) is 1. The maximum absolute atomic E-state index is 10.8. The van der Waals surface area contributed by atoms with Gasteiger partial charge in [0.1, 0.15) is 11.3 Å². The molecule has 0 bridgehead atoms. The minimum atomic E-state index is -1.21. The zero-order chi connectivity index (χ0) is 11.7. The van der Waals surface area contributed by atoms with Gasteiger partial charge in [-0.05, 0) is 22.7 Å². The lowest BCUT2D eigenvalue weighted by molar-refractivity contribution is -0.389. The molecular weight excluding hydrogens is 216 g/mol. The summed E-state index contributed by atoms with van der Waals surface area (Å²) in [5.74, 6) is -1.62. The van der Waals surface area contributed by atoms with Gasteiger partial charge in [-0.3, -0.25) is 0 Å². The minimum absolute atomic E-state index is 0.0108. The second-order valence-electron chi connectivity index (χ2n) is 3.42. The van der Waals surface area contributed by atoms with Crippen molar-refractivity contribution in [2.24, 2.45) is 0 Å². The summed E-state index contributed by atoms with van der Waals surface area (Å²) in [4.78, 5) is 24.0. The fourth-order valence-corrected chi connectivity index (χ4v) is 1.15. The molecule has 0 spiro atoms. The Balaban J connectivity index is 2.37. The molecule has 7 heteroatoms. The van der Waals surface area contributed by atoms with Gasteiger partial charge in [0, 0.05) is 0 Å². The summed E-state index contributed by atoms with van der Waals surface area (Å²) in [7, 11) is 0. The average molecular weight is 224 g/mol. The fourth-order valence-electron chi connectivity index (χ4n) is 1.15. The lowest BCUT2D eigenvalue weighted by Crippen LogP contribution is -2.06. The van der Waals surface area contributed by atoms with E-state index in [-0.39, 0.29) is 17.4 Å². The summed E-state index contributed by atoms with van der Waals surface area (Å²) >= 11 is 0. The van der Waals surface area contributed by atoms with Gasteiger partial charge in [0.2, 0.25) is 0 Å². The minimum Gasteiger partial charge on any atom is -0.489 e. The van der Waals surface area contributed by atoms with Crippen molar-refractivity contribution >= 4 is 11.8 Å². The highest BCUT2D eigenvalue weighted by atomic mass is 16.6. The summed E-state index contributed by atoms with van der Waals surface area (Å²) in [5, 5.41) is 19.3. The number of hydrogen-bond donors (Lipinski definition) is 1. The van der Waals surface area contributed by atoms with E-state index in [0.717, 1.165) is 25.1 Å². The normalized spacial score (nSPS) is 14.5. The summed E-state index contributed by atoms with van der Waals surface area (Å²) in [6.45, 7) is 0. The first-order valence-corrected chi connectivity index (χ1v) is 4.62. The Hall–Kier alpha value is -2.18. The van der Waals surface area contributed by atoms with Gasteiger partial charge in [-0.25, -0.2) is 4.79 Å². The topological polar surface area (TPSA) is 103 Å². The van der Waals surface area contributed by atoms with Crippen molar-refractivity contribution in [1.82, 2.24) is 4.98 Å². The lowest BCUT2D eigenvalue weighted by Gasteiger charge is -2.05. The lowest BCUT2D eigenvalue weighted by atomic mass is 10.2. The van der Waals surface area contributed by atoms with E-state index in [1.54, 1.807) is 0 Å². The molecule has 1 saturated carbocycles. The van der Waals surface area contributed by atoms with Crippen LogP contribution in [0.3, 0.4) is 0 Å². The van der Waals surface area contributed by atoms with Gasteiger partial charge in [-0.2, -0.15) is 0 Å². The molecule has 0 aliphatic heterocycles. The largest absolute Gasteiger partial charge is 0.489 e. The Morgan fingerprint density at radius 3 is 2.81 bits per heavy atom. The van der Waals surface area contributed by atoms with Crippen LogP contribution in [0, 0.1) is 10.1 Å². The third kappa shape index (κ3) is 2.08. The zero-order valence-electron chi connectivity index (χ0n) is 8.12. The van der Waals surface area contributed by atoms with Gasteiger partial charge < -0.3 is 20.0 Å². The van der Waals surface area contributed by atoms with E-state index < -0.39 is 16.7 Å². The van der Waals surface area contributed by atoms with Gasteiger partial charge in [0.05, 0.1) is 12.2 Å². The fraction of sp³-hybridized carbons (Fsp3) is 0.333. The molecular formula is C9H8N2O5. The summed E-state index contributed by atoms with van der Waals surface area (Å²) in [6.07, 6.45) is 2.60. The molecule has 1 fully saturated rings. The maximum Gasteiger partial charge on any atom is 0.367 e. The molecule has 1 N–H and O–H groups in total. The smallest absolute Gasteiger partial charge is 0.367 e. The molecule has 0 aromatic carbocycles. The van der Waals surface area contributed by atoms with Crippen LogP contribution >= 0.6 is 0 Å². The predicted molar refractivity (Wildman–Crippen MR) is 51.5 cm³/mol. The zero-order valence-corrected chi connectivity index (χ0v) is 8.12. The predicted octanol–water partition coefficient (Wildman–Crippen LogP) is 1.23. The molecule has 0 unspecified atom stereocenters. The first-order chi connectivity index (χ1) is 7.58. The van der Waals surface area contributed by atoms with Crippen LogP contribution in [0.4, 0.5) is 5.82 Å². The third-order valence-electron chi connectivity index (χ3n) is 2.09. The number of aromatic carboxylic acids is 1. The molecule has 1 aliphatic carbocycles. The van der Waals surface area contributed by atoms with E-state index in [4.69, 9.17) is 9.84 Å². The van der Waals surface area contributed by atoms with Crippen LogP contribution in [0.25, 0.3) is 0 Å². The molecule has 0 atom stereocenters. The first kappa shape index (κ1) is 10.3. The SMILES string of the molecule is O=C(O)c1cnc([N+](=O)[O-])cc1OC1CC1. The molecule has 16 heavy (non-hydrogen) atoms. The van der Waals surface area contributed by atoms with Gasteiger partial charge in [-0.15, -0.1) is 0 Å². The van der Waals surface area contributed by atoms with Crippen LogP contribution in [0.15, 0.2) is 12.3 Å². The highest BCUT2D eigenvalue weighted by molar-refractivity contribution is 5.90. The van der Waals surface area contributed by atoms with Crippen molar-refractivity contribution in [3.05, 3.63) is 27.9 Å². The van der Waals surface area contributed by atoms with E-state index in [0.29, 0.717) is 0 Å². The van der Waals surface area contributed by atoms with Gasteiger partial charge in [-0.1, -0.05) is 0 Å². The van der Waals surface area contributed by atoms with Crippen molar-refractivity contribution in [3.8, 4) is 5.75 Å². The number of carbonyl (C=O) groups is 1. The molecule has 2 rings (SSSR count). The highest BCUT2D eigenvalue weighted by Gasteiger charge is 2.27. The molecule has 1 aromatic heterocycles. The molecule has 0 radical (unpaired) electrons. The number of ether oxygens (including phenoxy) is 1. The van der Waals surface area contributed by atoms with E-state index >= 15 is 0 Å². The standard InChI is InChI=1S/C9H8N2O5/c12-9(13)6-4-10-8(11(14)15)3-7(6)16-5-1-2-5/h3-5H,1-2H2,(H,12,13). The van der Waals surface area contributed by atoms with Gasteiger partial charge >= 0.3 is 11.8 Å². The molecule has 1 aliphatic rings. The first-order valence-electron chi connectivity index (χ1n) is 4.62. The Morgan fingerprint density at radius 1 is 1.62 bits per heavy atom. The van der Waals surface area contributed by atoms with Gasteiger partial charge in [0.15, 0.2) is 6.20 Å². The van der Waals surface area contributed by atoms with Crippen LogP contribution in [-0.4, -0.2) is 27.1 Å². The number of aromatic nitrogens is 1. The highest BCUT2D eigenvalue weighted by Crippen LogP contribution is 2.30. The second-order valence-corrected chi connectivity index (χ2v) is 3.42. The van der Waals surface area contributed by atoms with Gasteiger partial charge in [0.25, 0.3) is 0 Å². The van der Waals surface area contributed by atoms with Crippen molar-refractivity contribution in [2.45, 2.75) is 18.9 Å². The molecule has 0 saturated heterocycles. The maximum atomic E-state index is 10.8. The summed E-state index contributed by atoms with van der Waals surface area (Å²) in [5.41, 5.74) is -0.155. The summed E-state index contributed by atoms with van der Waals surface area (Å²) in [6, 6.07) is 1.04. The van der Waals surface area contributed by atoms with E-state index in [9.17, 15) is 14.9 Å². The Bertz CT molecular complexity index is 455. The monoisotopic (exact) mass is 224 g/mol. The van der Waals surface area contributed by atoms with E-state index in [2.05, 4.69) is 4.98 Å². The molecule has 84 valence electrons. The van der Waals surface area contributed by atoms with Crippen LogP contribution in [0.2, 0.25) is 0 Å². The Morgan fingerprint density at radius 2 is 2.31 bits per heavy atom. The quantitative estimate of drug-likeness (QED) is 0.609. The van der Waals surface area contributed by atoms with Crippen LogP contribution < -0.4 is 4.74 Å². The van der Waals surface area contributed by atoms with Crippen LogP contribution in [-0.2, 0) is 0 Å². The van der Waals surface area contributed by atoms with Crippen LogP contribution in [0.5, 0.6) is 5.75 Å². The van der Waals surface area contributed by atoms with E-state index in [1.165, 1.54) is 0 Å². The Kier molecular flexibility index (Phi) is 2.43. The van der Waals surface area contributed by atoms with Crippen molar-refractivity contribution in [1.29, 1.82) is 0 Å².